The number of likely N-dealkylation sites (N-methyl/N-ethyl adjacent to an activating group) is 1. The second-order valence-corrected chi connectivity index (χ2v) is 15.3. The van der Waals surface area contributed by atoms with Gasteiger partial charge in [-0.3, -0.25) is 9.59 Å². The van der Waals surface area contributed by atoms with Crippen LogP contribution in [-0.2, 0) is 33.3 Å². The van der Waals surface area contributed by atoms with Crippen molar-refractivity contribution in [3.63, 3.8) is 0 Å². The Kier molecular flexibility index (Phi) is 13.5. The number of nitrogens with zero attached hydrogens (tertiary/aromatic N) is 2. The molecule has 4 rings (SSSR count). The molecule has 0 aliphatic carbocycles. The highest BCUT2D eigenvalue weighted by Crippen LogP contribution is 2.41. The minimum absolute atomic E-state index is 0.194. The standard InChI is InChI=1S/C38H59N3O10/c1-11-28-38(19-39-40-20-38)32(44)23(4)29(42)21(2)18-37(7,47-10)33(24(5)30(43)25(6)34(45)49-28)51-36-31(27(41(8)9)17-22(3)48-36)50-35(46)26-15-13-12-14-16-26/h12-16,19,21-25,27-29,31-33,36,40,42,44H,11,17-18,20H2,1-10H3/t21-,22-,23+,24+,25-,27+,28-,29+,31-,32-,33-,36+,37-,38?/m1/s1. The fraction of sp³-hybridized carbons (Fsp3) is 0.737. The molecule has 14 atom stereocenters. The number of aliphatic hydroxyl groups excluding tert-OH is 2. The number of ether oxygens (including phenoxy) is 5. The van der Waals surface area contributed by atoms with Crippen LogP contribution < -0.4 is 5.43 Å². The van der Waals surface area contributed by atoms with Crippen molar-refractivity contribution in [2.75, 3.05) is 27.7 Å². The molecule has 3 aliphatic rings. The zero-order valence-electron chi connectivity index (χ0n) is 31.8. The molecule has 1 aromatic carbocycles. The van der Waals surface area contributed by atoms with Gasteiger partial charge in [-0.25, -0.2) is 4.79 Å². The van der Waals surface area contributed by atoms with Crippen molar-refractivity contribution < 1.29 is 48.3 Å². The molecular weight excluding hydrogens is 658 g/mol. The average Bonchev–Trinajstić information content (AvgIpc) is 3.62. The van der Waals surface area contributed by atoms with Crippen LogP contribution in [0.2, 0.25) is 0 Å². The van der Waals surface area contributed by atoms with Gasteiger partial charge in [-0.15, -0.1) is 0 Å². The lowest BCUT2D eigenvalue weighted by molar-refractivity contribution is -0.295. The summed E-state index contributed by atoms with van der Waals surface area (Å²) in [6.45, 7) is 12.5. The number of methoxy groups -OCH3 is 1. The van der Waals surface area contributed by atoms with E-state index in [4.69, 9.17) is 23.7 Å². The highest BCUT2D eigenvalue weighted by Gasteiger charge is 2.54. The first-order chi connectivity index (χ1) is 24.0. The molecule has 0 saturated carbocycles. The molecule has 2 fully saturated rings. The second kappa shape index (κ2) is 16.8. The monoisotopic (exact) mass is 717 g/mol. The lowest BCUT2D eigenvalue weighted by atomic mass is 9.69. The van der Waals surface area contributed by atoms with E-state index < -0.39 is 89.2 Å². The van der Waals surface area contributed by atoms with Crippen LogP contribution >= 0.6 is 0 Å². The number of hydrogen-bond donors (Lipinski definition) is 3. The molecule has 51 heavy (non-hydrogen) atoms. The van der Waals surface area contributed by atoms with Gasteiger partial charge in [0.2, 0.25) is 0 Å². The zero-order chi connectivity index (χ0) is 37.8. The van der Waals surface area contributed by atoms with E-state index in [0.717, 1.165) is 0 Å². The predicted molar refractivity (Wildman–Crippen MR) is 190 cm³/mol. The Labute approximate surface area is 302 Å². The number of ketones is 1. The number of nitrogens with one attached hydrogen (secondary N) is 1. The van der Waals surface area contributed by atoms with Gasteiger partial charge in [-0.1, -0.05) is 45.9 Å². The van der Waals surface area contributed by atoms with Crippen molar-refractivity contribution in [1.82, 2.24) is 10.3 Å². The molecule has 3 heterocycles. The van der Waals surface area contributed by atoms with Crippen molar-refractivity contribution in [2.45, 2.75) is 122 Å². The van der Waals surface area contributed by atoms with E-state index in [2.05, 4.69) is 10.5 Å². The SMILES string of the molecule is CC[C@H]1OC(=O)[C@H](C)C(=O)[C@H](C)[C@@H](O[C@@H]2O[C@H](C)C[C@H](N(C)C)[C@H]2OC(=O)c2ccccc2)[C@](C)(OC)C[C@@H](C)[C@H](O)[C@H](C)[C@@H](O)C12C=NNC2. The van der Waals surface area contributed by atoms with Crippen molar-refractivity contribution in [2.24, 2.45) is 34.2 Å². The Morgan fingerprint density at radius 3 is 2.33 bits per heavy atom. The Balaban J connectivity index is 1.77. The van der Waals surface area contributed by atoms with E-state index in [1.807, 2.05) is 45.8 Å². The summed E-state index contributed by atoms with van der Waals surface area (Å²) in [5.41, 5.74) is 0.903. The molecule has 3 aliphatic heterocycles. The van der Waals surface area contributed by atoms with Gasteiger partial charge in [-0.05, 0) is 72.2 Å². The zero-order valence-corrected chi connectivity index (χ0v) is 31.8. The maximum absolute atomic E-state index is 14.3. The summed E-state index contributed by atoms with van der Waals surface area (Å²) in [6.07, 6.45) is -3.72. The summed E-state index contributed by atoms with van der Waals surface area (Å²) in [7, 11) is 5.29. The summed E-state index contributed by atoms with van der Waals surface area (Å²) in [5.74, 6) is -5.02. The fourth-order valence-corrected chi connectivity index (χ4v) is 8.17. The van der Waals surface area contributed by atoms with E-state index in [9.17, 15) is 24.6 Å². The number of rotatable bonds is 7. The summed E-state index contributed by atoms with van der Waals surface area (Å²) >= 11 is 0. The van der Waals surface area contributed by atoms with Crippen LogP contribution in [0.5, 0.6) is 0 Å². The van der Waals surface area contributed by atoms with Gasteiger partial charge in [0.25, 0.3) is 0 Å². The maximum atomic E-state index is 14.3. The molecule has 0 bridgehead atoms. The molecule has 3 N–H and O–H groups in total. The van der Waals surface area contributed by atoms with Crippen LogP contribution in [0.1, 0.15) is 78.1 Å². The smallest absolute Gasteiger partial charge is 0.338 e. The van der Waals surface area contributed by atoms with Crippen molar-refractivity contribution in [1.29, 1.82) is 0 Å². The lowest BCUT2D eigenvalue weighted by Crippen LogP contribution is -2.60. The third kappa shape index (κ3) is 8.49. The van der Waals surface area contributed by atoms with Crippen LogP contribution in [0.15, 0.2) is 35.4 Å². The first-order valence-electron chi connectivity index (χ1n) is 18.2. The van der Waals surface area contributed by atoms with Crippen LogP contribution in [0, 0.1) is 29.1 Å². The number of hydrazone groups is 1. The van der Waals surface area contributed by atoms with Crippen molar-refractivity contribution in [3.05, 3.63) is 35.9 Å². The van der Waals surface area contributed by atoms with E-state index >= 15 is 0 Å². The van der Waals surface area contributed by atoms with Crippen LogP contribution in [-0.4, -0.2) is 121 Å². The number of carbonyl (C=O) groups is 3. The van der Waals surface area contributed by atoms with Crippen LogP contribution in [0.3, 0.4) is 0 Å². The normalized spacial score (nSPS) is 41.2. The van der Waals surface area contributed by atoms with Crippen LogP contribution in [0.25, 0.3) is 0 Å². The average molecular weight is 718 g/mol. The van der Waals surface area contributed by atoms with Crippen molar-refractivity contribution in [3.8, 4) is 0 Å². The van der Waals surface area contributed by atoms with E-state index in [0.29, 0.717) is 18.4 Å². The fourth-order valence-electron chi connectivity index (χ4n) is 8.17. The number of benzene rings is 1. The first kappa shape index (κ1) is 40.8. The van der Waals surface area contributed by atoms with Gasteiger partial charge >= 0.3 is 11.9 Å². The van der Waals surface area contributed by atoms with Gasteiger partial charge in [-0.2, -0.15) is 5.10 Å². The van der Waals surface area contributed by atoms with Crippen LogP contribution in [0.4, 0.5) is 0 Å². The molecule has 1 spiro atoms. The molecule has 13 nitrogen and oxygen atoms in total. The number of carbonyl (C=O) groups excluding carboxylic acids is 3. The minimum Gasteiger partial charge on any atom is -0.461 e. The molecule has 13 heteroatoms. The highest BCUT2D eigenvalue weighted by atomic mass is 16.7. The number of hydrogen-bond acceptors (Lipinski definition) is 13. The Hall–Kier alpha value is -2.94. The first-order valence-corrected chi connectivity index (χ1v) is 18.2. The van der Waals surface area contributed by atoms with Crippen molar-refractivity contribution >= 4 is 23.9 Å². The predicted octanol–water partition coefficient (Wildman–Crippen LogP) is 3.20. The van der Waals surface area contributed by atoms with E-state index in [1.54, 1.807) is 51.3 Å². The van der Waals surface area contributed by atoms with Gasteiger partial charge in [0.1, 0.15) is 12.0 Å². The number of esters is 2. The molecule has 0 aromatic heterocycles. The number of Topliss-reactive ketones (excluding diaryl/α,β-unsaturated/α-hetero) is 1. The third-order valence-electron chi connectivity index (χ3n) is 11.4. The molecule has 0 radical (unpaired) electrons. The number of aliphatic hydroxyl groups is 2. The lowest BCUT2D eigenvalue weighted by Gasteiger charge is -2.48. The summed E-state index contributed by atoms with van der Waals surface area (Å²) in [4.78, 5) is 43.5. The van der Waals surface area contributed by atoms with Gasteiger partial charge in [0, 0.05) is 31.7 Å². The van der Waals surface area contributed by atoms with E-state index in [1.165, 1.54) is 14.0 Å². The topological polar surface area (TPSA) is 165 Å². The molecule has 1 aromatic rings. The summed E-state index contributed by atoms with van der Waals surface area (Å²) in [6, 6.07) is 8.35. The van der Waals surface area contributed by atoms with Gasteiger partial charge < -0.3 is 44.2 Å². The molecule has 0 amide bonds. The van der Waals surface area contributed by atoms with Gasteiger partial charge in [0.05, 0.1) is 47.0 Å². The Morgan fingerprint density at radius 1 is 1.10 bits per heavy atom. The Morgan fingerprint density at radius 2 is 1.76 bits per heavy atom. The second-order valence-electron chi connectivity index (χ2n) is 15.3. The summed E-state index contributed by atoms with van der Waals surface area (Å²) < 4.78 is 31.6. The molecular formula is C38H59N3O10. The third-order valence-corrected chi connectivity index (χ3v) is 11.4. The molecule has 2 saturated heterocycles. The Bertz CT molecular complexity index is 1380. The van der Waals surface area contributed by atoms with Gasteiger partial charge in [0.15, 0.2) is 18.2 Å². The highest BCUT2D eigenvalue weighted by molar-refractivity contribution is 6.00. The largest absolute Gasteiger partial charge is 0.461 e. The number of cyclic esters (lactones) is 1. The molecule has 286 valence electrons. The maximum Gasteiger partial charge on any atom is 0.338 e. The molecule has 1 unspecified atom stereocenters. The minimum atomic E-state index is -1.24. The van der Waals surface area contributed by atoms with E-state index in [-0.39, 0.29) is 25.1 Å². The summed E-state index contributed by atoms with van der Waals surface area (Å²) in [5, 5.41) is 27.8. The quantitative estimate of drug-likeness (QED) is 0.279.